The predicted octanol–water partition coefficient (Wildman–Crippen LogP) is 10.2. The Balaban J connectivity index is -0.000000144. The Morgan fingerprint density at radius 2 is 0.912 bits per heavy atom. The number of carboxylic acids is 1. The molecule has 7 aromatic heterocycles. The molecule has 7 aromatic rings. The van der Waals surface area contributed by atoms with Crippen molar-refractivity contribution in [2.75, 3.05) is 47.3 Å². The van der Waals surface area contributed by atoms with E-state index in [0.29, 0.717) is 31.2 Å². The molecule has 7 rings (SSSR count). The molecular formula is C68H103Br2N10NaO10. The van der Waals surface area contributed by atoms with Gasteiger partial charge in [-0.05, 0) is 199 Å². The minimum Gasteiger partial charge on any atom is -0.870 e. The summed E-state index contributed by atoms with van der Waals surface area (Å²) in [6, 6.07) is 27.7. The van der Waals surface area contributed by atoms with Gasteiger partial charge in [0.2, 0.25) is 0 Å². The molecular weight excluding hydrogens is 1300 g/mol. The summed E-state index contributed by atoms with van der Waals surface area (Å²) in [6.45, 7) is 20.9. The number of rotatable bonds is 15. The van der Waals surface area contributed by atoms with Crippen molar-refractivity contribution >= 4 is 67.6 Å². The molecule has 0 aliphatic heterocycles. The van der Waals surface area contributed by atoms with Crippen molar-refractivity contribution in [1.82, 2.24) is 40.2 Å². The number of pyridine rings is 7. The van der Waals surface area contributed by atoms with E-state index in [-0.39, 0.29) is 83.1 Å². The van der Waals surface area contributed by atoms with Gasteiger partial charge >= 0.3 is 53.4 Å². The number of methoxy groups -OCH3 is 3. The van der Waals surface area contributed by atoms with E-state index in [1.54, 1.807) is 43.1 Å². The van der Waals surface area contributed by atoms with Gasteiger partial charge in [-0.15, -0.1) is 0 Å². The van der Waals surface area contributed by atoms with Gasteiger partial charge in [0.1, 0.15) is 5.82 Å². The summed E-state index contributed by atoms with van der Waals surface area (Å²) < 4.78 is 15.2. The number of aliphatic hydroxyl groups is 1. The number of aromatic nitrogens is 7. The third kappa shape index (κ3) is 60.3. The van der Waals surface area contributed by atoms with Crippen LogP contribution in [0.4, 0.5) is 5.82 Å². The molecule has 0 unspecified atom stereocenters. The predicted molar refractivity (Wildman–Crippen MR) is 374 cm³/mol. The van der Waals surface area contributed by atoms with E-state index in [9.17, 15) is 19.2 Å². The molecule has 0 saturated heterocycles. The van der Waals surface area contributed by atoms with Gasteiger partial charge in [0, 0.05) is 125 Å². The fourth-order valence-corrected chi connectivity index (χ4v) is 7.03. The van der Waals surface area contributed by atoms with Gasteiger partial charge in [-0.3, -0.25) is 39.5 Å². The number of esters is 3. The van der Waals surface area contributed by atoms with Gasteiger partial charge in [-0.25, -0.2) is 14.6 Å². The van der Waals surface area contributed by atoms with Crippen LogP contribution >= 0.6 is 31.9 Å². The molecule has 0 aromatic carbocycles. The molecule has 0 atom stereocenters. The molecule has 0 bridgehead atoms. The molecule has 0 spiro atoms. The zero-order valence-electron chi connectivity index (χ0n) is 52.5. The van der Waals surface area contributed by atoms with Crippen LogP contribution in [0.2, 0.25) is 0 Å². The fourth-order valence-electron chi connectivity index (χ4n) is 6.23. The van der Waals surface area contributed by atoms with E-state index >= 15 is 0 Å². The number of aliphatic carboxylic acids is 1. The van der Waals surface area contributed by atoms with Gasteiger partial charge in [-0.2, -0.15) is 0 Å². The quantitative estimate of drug-likeness (QED) is 0.0276. The van der Waals surface area contributed by atoms with Gasteiger partial charge in [0.25, 0.3) is 0 Å². The number of nitrogens with zero attached hydrogens (tertiary/aromatic N) is 7. The third-order valence-corrected chi connectivity index (χ3v) is 11.2. The molecule has 91 heavy (non-hydrogen) atoms. The van der Waals surface area contributed by atoms with Crippen molar-refractivity contribution in [1.29, 1.82) is 0 Å². The second-order valence-electron chi connectivity index (χ2n) is 17.9. The van der Waals surface area contributed by atoms with E-state index in [4.69, 9.17) is 21.7 Å². The Kier molecular flexibility index (Phi) is 71.1. The second-order valence-corrected chi connectivity index (χ2v) is 19.7. The molecule has 20 nitrogen and oxygen atoms in total. The van der Waals surface area contributed by atoms with Crippen LogP contribution in [0, 0.1) is 41.5 Å². The number of carbonyl (C=O) groups is 4. The number of aryl methyl sites for hydroxylation is 8. The minimum absolute atomic E-state index is 0. The van der Waals surface area contributed by atoms with Crippen molar-refractivity contribution in [2.24, 2.45) is 5.73 Å². The normalized spacial score (nSPS) is 8.89. The first-order chi connectivity index (χ1) is 40.5. The standard InChI is InChI=1S/C11H18N2.C10H13NO2.C10H11NO2.C9H11NO2.C8H12N2.C6H6BrN.C5H5BrN2.C4H6O2.CH4O.4CH4.Na.H2O/c1-9(2)12-6-4-11-5-7-13-10(3)8-11;2*1-8-7-9(5-6-11-8)3-4-10(12)13-2;1-7-6-8(4-5-10-7)2-3-9(11)12;1-7-6-8(2-4-9)3-5-10-7;1-5-4-6(7)2-3-8-5;6-4-1-2-8-5(7)3-4;1-3-4(5)6-2;1-2;;;;;;/h5,7-9,12H,4,6H2,1-3H3;5-7H,3-4H2,1-2H3;3-7H,1-2H3;4-6H,2-3H2,1H3,(H,11,12);3,5-6H,2,4,9H2,1H3;2-4H,1H3;1-3H,(H2,7,8);3H,1H2,2H3;2H,1H3;4*1H4;;1H2/q;;;;;;;;;;;;;+1;/p-1/b;;4-3+;;;;;;;;;;;;. The fraction of sp³-hybridized carbons (Fsp3) is 0.368. The maximum Gasteiger partial charge on any atom is 1.00 e. The zero-order valence-corrected chi connectivity index (χ0v) is 57.7. The summed E-state index contributed by atoms with van der Waals surface area (Å²) in [4.78, 5) is 69.8. The molecule has 0 saturated carbocycles. The van der Waals surface area contributed by atoms with Crippen LogP contribution in [0.1, 0.15) is 118 Å². The minimum atomic E-state index is -0.760. The first-order valence-corrected chi connectivity index (χ1v) is 28.3. The first-order valence-electron chi connectivity index (χ1n) is 26.7. The van der Waals surface area contributed by atoms with E-state index in [2.05, 4.69) is 125 Å². The summed E-state index contributed by atoms with van der Waals surface area (Å²) in [5.74, 6) is -1.14. The Bertz CT molecular complexity index is 2940. The maximum absolute atomic E-state index is 10.8. The summed E-state index contributed by atoms with van der Waals surface area (Å²) in [5.41, 5.74) is 22.5. The molecule has 500 valence electrons. The number of hydrogen-bond donors (Lipinski definition) is 5. The van der Waals surface area contributed by atoms with E-state index in [1.807, 2.05) is 115 Å². The number of halogens is 2. The number of ether oxygens (including phenoxy) is 3. The second kappa shape index (κ2) is 64.5. The van der Waals surface area contributed by atoms with Gasteiger partial charge in [0.15, 0.2) is 0 Å². The number of anilines is 1. The summed E-state index contributed by atoms with van der Waals surface area (Å²) in [6.07, 6.45) is 20.4. The SMILES string of the molecule is C.C.C.C.C=CC(=O)OC.CO.COC(=O)/C=C/c1ccnc(C)c1.COC(=O)CCc1ccnc(C)c1.Cc1cc(Br)ccn1.Cc1cc(CCC(=O)O)ccn1.Cc1cc(CCN)ccn1.Cc1cc(CCNC(C)C)ccn1.Nc1cc(Br)ccn1.[Na+].[OH-]. The molecule has 0 aliphatic rings. The van der Waals surface area contributed by atoms with Crippen molar-refractivity contribution in [2.45, 2.75) is 130 Å². The topological polar surface area (TPSA) is 321 Å². The maximum atomic E-state index is 10.8. The zero-order chi connectivity index (χ0) is 64.4. The Labute approximate surface area is 582 Å². The molecule has 23 heteroatoms. The van der Waals surface area contributed by atoms with E-state index < -0.39 is 11.9 Å². The molecule has 8 N–H and O–H groups in total. The van der Waals surface area contributed by atoms with Crippen LogP contribution in [0.25, 0.3) is 6.08 Å². The third-order valence-electron chi connectivity index (χ3n) is 10.2. The number of carboxylic acid groups (broad SMARTS) is 1. The Hall–Kier alpha value is -6.99. The van der Waals surface area contributed by atoms with Crippen molar-refractivity contribution < 1.29 is 78.6 Å². The monoisotopic (exact) mass is 1400 g/mol. The van der Waals surface area contributed by atoms with Crippen LogP contribution in [-0.4, -0.2) is 122 Å². The Morgan fingerprint density at radius 3 is 1.21 bits per heavy atom. The number of nitrogen functional groups attached to an aromatic ring is 1. The number of carbonyl (C=O) groups excluding carboxylic acids is 3. The number of hydrogen-bond acceptors (Lipinski definition) is 19. The van der Waals surface area contributed by atoms with Gasteiger partial charge in [-0.1, -0.05) is 82.0 Å². The molecule has 0 amide bonds. The van der Waals surface area contributed by atoms with Crippen LogP contribution in [-0.2, 0) is 59.1 Å². The first kappa shape index (κ1) is 100. The van der Waals surface area contributed by atoms with Crippen molar-refractivity contribution in [3.63, 3.8) is 0 Å². The van der Waals surface area contributed by atoms with Crippen LogP contribution in [0.3, 0.4) is 0 Å². The molecule has 0 aliphatic carbocycles. The summed E-state index contributed by atoms with van der Waals surface area (Å²) >= 11 is 6.56. The van der Waals surface area contributed by atoms with Crippen LogP contribution < -0.4 is 46.3 Å². The van der Waals surface area contributed by atoms with Gasteiger partial charge in [0.05, 0.1) is 21.3 Å². The summed E-state index contributed by atoms with van der Waals surface area (Å²) in [5, 5.41) is 18.8. The van der Waals surface area contributed by atoms with Crippen LogP contribution in [0.15, 0.2) is 156 Å². The Morgan fingerprint density at radius 1 is 0.549 bits per heavy atom. The molecule has 0 radical (unpaired) electrons. The number of nitrogens with two attached hydrogens (primary N) is 2. The number of aliphatic hydroxyl groups excluding tert-OH is 1. The molecule has 0 fully saturated rings. The van der Waals surface area contributed by atoms with Crippen molar-refractivity contribution in [3.8, 4) is 0 Å². The van der Waals surface area contributed by atoms with E-state index in [1.165, 1.54) is 38.5 Å². The average molecular weight is 1400 g/mol. The van der Waals surface area contributed by atoms with Gasteiger partial charge < -0.3 is 46.7 Å². The largest absolute Gasteiger partial charge is 1.00 e. The molecule has 7 heterocycles. The smallest absolute Gasteiger partial charge is 0.870 e. The van der Waals surface area contributed by atoms with Crippen molar-refractivity contribution in [3.05, 3.63) is 218 Å². The average Bonchev–Trinajstić information content (AvgIpc) is 3.70. The van der Waals surface area contributed by atoms with E-state index in [0.717, 1.165) is 98.8 Å². The number of nitrogens with one attached hydrogen (secondary N) is 1. The van der Waals surface area contributed by atoms with Crippen LogP contribution in [0.5, 0.6) is 0 Å². The summed E-state index contributed by atoms with van der Waals surface area (Å²) in [7, 11) is 5.06.